The number of hydrogen-bond acceptors (Lipinski definition) is 4. The fourth-order valence-electron chi connectivity index (χ4n) is 3.62. The highest BCUT2D eigenvalue weighted by Crippen LogP contribution is 2.40. The maximum atomic E-state index is 12.1. The molecule has 0 saturated heterocycles. The Labute approximate surface area is 160 Å². The number of rotatable bonds is 2. The summed E-state index contributed by atoms with van der Waals surface area (Å²) in [5, 5.41) is 11.3. The molecule has 0 spiro atoms. The first-order valence-electron chi connectivity index (χ1n) is 8.11. The first-order valence-corrected chi connectivity index (χ1v) is 8.86. The molecule has 2 heterocycles. The molecule has 7 heteroatoms. The molecule has 5 nitrogen and oxygen atoms in total. The Balaban J connectivity index is 1.95. The van der Waals surface area contributed by atoms with Gasteiger partial charge in [0.15, 0.2) is 6.26 Å². The molecule has 1 atom stereocenters. The van der Waals surface area contributed by atoms with Crippen molar-refractivity contribution in [2.45, 2.75) is 12.5 Å². The van der Waals surface area contributed by atoms with Gasteiger partial charge in [0.25, 0.3) is 0 Å². The number of likely N-dealkylation sites (N-methyl/N-ethyl adjacent to an activating group) is 1. The van der Waals surface area contributed by atoms with Crippen molar-refractivity contribution in [3.63, 3.8) is 0 Å². The summed E-state index contributed by atoms with van der Waals surface area (Å²) in [5.41, 5.74) is 3.51. The van der Waals surface area contributed by atoms with E-state index in [4.69, 9.17) is 27.6 Å². The van der Waals surface area contributed by atoms with Gasteiger partial charge in [-0.15, -0.1) is 0 Å². The van der Waals surface area contributed by atoms with E-state index in [1.165, 1.54) is 0 Å². The number of fused-ring (bicyclic) bond motifs is 1. The summed E-state index contributed by atoms with van der Waals surface area (Å²) >= 11 is 12.7. The number of nitrogens with zero attached hydrogens (tertiary/aromatic N) is 2. The lowest BCUT2D eigenvalue weighted by molar-refractivity contribution is 0.295. The molecule has 0 aliphatic carbocycles. The van der Waals surface area contributed by atoms with Crippen LogP contribution in [0.1, 0.15) is 22.6 Å². The third-order valence-electron chi connectivity index (χ3n) is 4.72. The number of halogens is 2. The van der Waals surface area contributed by atoms with Crippen molar-refractivity contribution in [2.75, 3.05) is 13.6 Å². The molecule has 0 radical (unpaired) electrons. The van der Waals surface area contributed by atoms with Crippen molar-refractivity contribution in [2.24, 2.45) is 0 Å². The first-order chi connectivity index (χ1) is 12.5. The van der Waals surface area contributed by atoms with Crippen LogP contribution >= 0.6 is 23.2 Å². The molecular weight excluding hydrogens is 375 g/mol. The van der Waals surface area contributed by atoms with E-state index in [0.717, 1.165) is 40.6 Å². The molecule has 134 valence electrons. The van der Waals surface area contributed by atoms with E-state index in [1.807, 2.05) is 31.3 Å². The highest BCUT2D eigenvalue weighted by atomic mass is 35.5. The van der Waals surface area contributed by atoms with Gasteiger partial charge in [-0.2, -0.15) is 0 Å². The van der Waals surface area contributed by atoms with Crippen molar-refractivity contribution in [3.8, 4) is 11.6 Å². The Hall–Kier alpha value is -2.21. The van der Waals surface area contributed by atoms with Crippen molar-refractivity contribution >= 4 is 23.2 Å². The van der Waals surface area contributed by atoms with E-state index in [2.05, 4.69) is 4.90 Å². The van der Waals surface area contributed by atoms with E-state index in [-0.39, 0.29) is 11.8 Å². The van der Waals surface area contributed by atoms with E-state index >= 15 is 0 Å². The molecule has 1 N–H and O–H groups in total. The van der Waals surface area contributed by atoms with Gasteiger partial charge in [-0.05, 0) is 41.9 Å². The SMILES string of the molecule is CN1Cc2c(Cl)cc(Cl)cc2C(c2ccccc2-n2c(O)coc2=O)C1. The minimum absolute atomic E-state index is 0.0580. The van der Waals surface area contributed by atoms with Crippen LogP contribution in [-0.4, -0.2) is 28.2 Å². The van der Waals surface area contributed by atoms with Gasteiger partial charge in [-0.3, -0.25) is 0 Å². The topological polar surface area (TPSA) is 58.6 Å². The van der Waals surface area contributed by atoms with Crippen LogP contribution in [0.2, 0.25) is 10.0 Å². The van der Waals surface area contributed by atoms with Crippen molar-refractivity contribution in [3.05, 3.63) is 79.9 Å². The fraction of sp³-hybridized carbons (Fsp3) is 0.211. The molecule has 0 saturated carbocycles. The monoisotopic (exact) mass is 390 g/mol. The van der Waals surface area contributed by atoms with Crippen molar-refractivity contribution < 1.29 is 9.52 Å². The summed E-state index contributed by atoms with van der Waals surface area (Å²) < 4.78 is 5.99. The quantitative estimate of drug-likeness (QED) is 0.717. The summed E-state index contributed by atoms with van der Waals surface area (Å²) in [4.78, 5) is 14.2. The Morgan fingerprint density at radius 2 is 1.96 bits per heavy atom. The number of aromatic nitrogens is 1. The van der Waals surface area contributed by atoms with Gasteiger partial charge in [-0.25, -0.2) is 9.36 Å². The third kappa shape index (κ3) is 2.82. The molecule has 0 amide bonds. The minimum Gasteiger partial charge on any atom is -0.492 e. The molecule has 1 unspecified atom stereocenters. The average Bonchev–Trinajstić information content (AvgIpc) is 2.93. The molecule has 1 aliphatic rings. The fourth-order valence-corrected chi connectivity index (χ4v) is 4.19. The van der Waals surface area contributed by atoms with Crippen LogP contribution in [-0.2, 0) is 6.54 Å². The number of benzene rings is 2. The first kappa shape index (κ1) is 17.2. The van der Waals surface area contributed by atoms with Crippen LogP contribution in [0, 0.1) is 0 Å². The lowest BCUT2D eigenvalue weighted by Gasteiger charge is -2.34. The van der Waals surface area contributed by atoms with Crippen LogP contribution in [0.5, 0.6) is 5.88 Å². The molecular formula is C19H16Cl2N2O3. The van der Waals surface area contributed by atoms with Crippen LogP contribution in [0.15, 0.2) is 51.9 Å². The Kier molecular flexibility index (Phi) is 4.31. The number of hydrogen-bond donors (Lipinski definition) is 1. The summed E-state index contributed by atoms with van der Waals surface area (Å²) in [6.45, 7) is 1.45. The second kappa shape index (κ2) is 6.50. The van der Waals surface area contributed by atoms with Crippen molar-refractivity contribution in [1.29, 1.82) is 0 Å². The number of aromatic hydroxyl groups is 1. The zero-order valence-electron chi connectivity index (χ0n) is 13.9. The second-order valence-corrected chi connectivity index (χ2v) is 7.30. The van der Waals surface area contributed by atoms with Crippen LogP contribution in [0.4, 0.5) is 0 Å². The average molecular weight is 391 g/mol. The molecule has 26 heavy (non-hydrogen) atoms. The predicted octanol–water partition coefficient (Wildman–Crippen LogP) is 4.02. The lowest BCUT2D eigenvalue weighted by atomic mass is 9.84. The van der Waals surface area contributed by atoms with Gasteiger partial charge >= 0.3 is 5.76 Å². The predicted molar refractivity (Wildman–Crippen MR) is 101 cm³/mol. The second-order valence-electron chi connectivity index (χ2n) is 6.46. The van der Waals surface area contributed by atoms with Gasteiger partial charge in [0.1, 0.15) is 0 Å². The zero-order chi connectivity index (χ0) is 18.4. The standard InChI is InChI=1S/C19H16Cl2N2O3/c1-22-8-14(13-6-11(20)7-16(21)15(13)9-22)12-4-2-3-5-17(12)23-18(24)10-26-19(23)25/h2-7,10,14,24H,8-9H2,1H3. The minimum atomic E-state index is -0.636. The van der Waals surface area contributed by atoms with Gasteiger partial charge in [-0.1, -0.05) is 41.4 Å². The molecule has 3 aromatic rings. The van der Waals surface area contributed by atoms with Gasteiger partial charge < -0.3 is 14.4 Å². The third-order valence-corrected chi connectivity index (χ3v) is 5.28. The summed E-state index contributed by atoms with van der Waals surface area (Å²) in [6, 6.07) is 11.1. The molecule has 1 aliphatic heterocycles. The largest absolute Gasteiger partial charge is 0.492 e. The molecule has 0 fully saturated rings. The van der Waals surface area contributed by atoms with Gasteiger partial charge in [0.2, 0.25) is 5.88 Å². The van der Waals surface area contributed by atoms with E-state index in [9.17, 15) is 9.90 Å². The molecule has 4 rings (SSSR count). The van der Waals surface area contributed by atoms with Crippen LogP contribution in [0.25, 0.3) is 5.69 Å². The smallest absolute Gasteiger partial charge is 0.426 e. The number of oxazole rings is 1. The lowest BCUT2D eigenvalue weighted by Crippen LogP contribution is -2.32. The summed E-state index contributed by atoms with van der Waals surface area (Å²) in [5.74, 6) is -0.934. The van der Waals surface area contributed by atoms with E-state index in [1.54, 1.807) is 12.1 Å². The highest BCUT2D eigenvalue weighted by Gasteiger charge is 2.29. The number of para-hydroxylation sites is 1. The normalized spacial score (nSPS) is 17.3. The molecule has 2 aromatic carbocycles. The maximum absolute atomic E-state index is 12.1. The summed E-state index contributed by atoms with van der Waals surface area (Å²) in [7, 11) is 2.02. The Bertz CT molecular complexity index is 1040. The molecule has 1 aromatic heterocycles. The van der Waals surface area contributed by atoms with Crippen LogP contribution < -0.4 is 5.76 Å². The summed E-state index contributed by atoms with van der Waals surface area (Å²) in [6.07, 6.45) is 1.04. The Morgan fingerprint density at radius 1 is 1.19 bits per heavy atom. The van der Waals surface area contributed by atoms with E-state index in [0.29, 0.717) is 15.7 Å². The van der Waals surface area contributed by atoms with Crippen molar-refractivity contribution in [1.82, 2.24) is 9.47 Å². The molecule has 0 bridgehead atoms. The Morgan fingerprint density at radius 3 is 2.69 bits per heavy atom. The zero-order valence-corrected chi connectivity index (χ0v) is 15.5. The maximum Gasteiger partial charge on any atom is 0.426 e. The van der Waals surface area contributed by atoms with Crippen LogP contribution in [0.3, 0.4) is 0 Å². The van der Waals surface area contributed by atoms with Gasteiger partial charge in [0, 0.05) is 29.1 Å². The highest BCUT2D eigenvalue weighted by molar-refractivity contribution is 6.35. The van der Waals surface area contributed by atoms with E-state index < -0.39 is 5.76 Å². The van der Waals surface area contributed by atoms with Gasteiger partial charge in [0.05, 0.1) is 5.69 Å².